The molecule has 1 fully saturated rings. The number of carbonyl (C=O) groups excluding carboxylic acids is 1. The van der Waals surface area contributed by atoms with Gasteiger partial charge in [-0.1, -0.05) is 42.5 Å². The number of ether oxygens (including phenoxy) is 2. The summed E-state index contributed by atoms with van der Waals surface area (Å²) in [6, 6.07) is 25.3. The van der Waals surface area contributed by atoms with Gasteiger partial charge in [-0.05, 0) is 67.9 Å². The second-order valence-corrected chi connectivity index (χ2v) is 7.80. The molecule has 1 aliphatic heterocycles. The Kier molecular flexibility index (Phi) is 6.85. The molecule has 0 spiro atoms. The van der Waals surface area contributed by atoms with Crippen molar-refractivity contribution in [3.63, 3.8) is 0 Å². The number of piperidine rings is 1. The van der Waals surface area contributed by atoms with Gasteiger partial charge in [0.05, 0.1) is 12.8 Å². The van der Waals surface area contributed by atoms with Gasteiger partial charge in [-0.2, -0.15) is 0 Å². The first-order chi connectivity index (χ1) is 15.2. The predicted octanol–water partition coefficient (Wildman–Crippen LogP) is 5.34. The Morgan fingerprint density at radius 3 is 2.42 bits per heavy atom. The molecule has 0 unspecified atom stereocenters. The first kappa shape index (κ1) is 20.9. The van der Waals surface area contributed by atoms with E-state index in [2.05, 4.69) is 22.3 Å². The lowest BCUT2D eigenvalue weighted by Crippen LogP contribution is -2.37. The molecule has 5 heteroatoms. The zero-order chi connectivity index (χ0) is 21.5. The van der Waals surface area contributed by atoms with E-state index < -0.39 is 0 Å². The molecule has 0 saturated carbocycles. The molecule has 160 valence electrons. The number of benzene rings is 3. The summed E-state index contributed by atoms with van der Waals surface area (Å²) in [6.45, 7) is 2.67. The number of likely N-dealkylation sites (tertiary alicyclic amines) is 1. The molecule has 5 nitrogen and oxygen atoms in total. The Labute approximate surface area is 183 Å². The molecule has 4 rings (SSSR count). The molecule has 3 aromatic rings. The maximum absolute atomic E-state index is 12.9. The van der Waals surface area contributed by atoms with E-state index in [0.29, 0.717) is 11.4 Å². The zero-order valence-corrected chi connectivity index (χ0v) is 17.8. The fourth-order valence-corrected chi connectivity index (χ4v) is 3.89. The van der Waals surface area contributed by atoms with Crippen LogP contribution in [-0.4, -0.2) is 31.0 Å². The Balaban J connectivity index is 1.32. The van der Waals surface area contributed by atoms with Gasteiger partial charge < -0.3 is 14.8 Å². The summed E-state index contributed by atoms with van der Waals surface area (Å²) in [6.07, 6.45) is 1.69. The maximum atomic E-state index is 12.9. The fourth-order valence-electron chi connectivity index (χ4n) is 3.89. The quantitative estimate of drug-likeness (QED) is 0.565. The Hall–Kier alpha value is -3.31. The molecule has 31 heavy (non-hydrogen) atoms. The maximum Gasteiger partial charge on any atom is 0.227 e. The van der Waals surface area contributed by atoms with Crippen molar-refractivity contribution in [3.8, 4) is 17.2 Å². The van der Waals surface area contributed by atoms with Gasteiger partial charge in [-0.3, -0.25) is 9.69 Å². The number of carbonyl (C=O) groups is 1. The van der Waals surface area contributed by atoms with E-state index in [1.807, 2.05) is 66.7 Å². The van der Waals surface area contributed by atoms with E-state index in [-0.39, 0.29) is 11.8 Å². The fraction of sp³-hybridized carbons (Fsp3) is 0.269. The van der Waals surface area contributed by atoms with Gasteiger partial charge >= 0.3 is 0 Å². The van der Waals surface area contributed by atoms with Crippen molar-refractivity contribution in [3.05, 3.63) is 84.4 Å². The summed E-state index contributed by atoms with van der Waals surface area (Å²) >= 11 is 0. The molecule has 0 bridgehead atoms. The number of rotatable bonds is 7. The summed E-state index contributed by atoms with van der Waals surface area (Å²) in [5.74, 6) is 2.34. The third-order valence-corrected chi connectivity index (χ3v) is 5.61. The van der Waals surface area contributed by atoms with Crippen LogP contribution in [0.15, 0.2) is 78.9 Å². The Morgan fingerprint density at radius 1 is 0.935 bits per heavy atom. The molecule has 1 N–H and O–H groups in total. The van der Waals surface area contributed by atoms with E-state index in [1.165, 1.54) is 5.56 Å². The molecule has 0 radical (unpaired) electrons. The average molecular weight is 417 g/mol. The van der Waals surface area contributed by atoms with Gasteiger partial charge in [0, 0.05) is 12.5 Å². The van der Waals surface area contributed by atoms with Crippen LogP contribution in [-0.2, 0) is 11.3 Å². The molecule has 3 aromatic carbocycles. The van der Waals surface area contributed by atoms with E-state index >= 15 is 0 Å². The highest BCUT2D eigenvalue weighted by Crippen LogP contribution is 2.30. The minimum atomic E-state index is 0.00587. The van der Waals surface area contributed by atoms with E-state index in [9.17, 15) is 4.79 Å². The number of hydrogen-bond donors (Lipinski definition) is 1. The van der Waals surface area contributed by atoms with Crippen LogP contribution in [0.5, 0.6) is 17.2 Å². The molecule has 0 aliphatic carbocycles. The third kappa shape index (κ3) is 5.64. The number of hydrogen-bond acceptors (Lipinski definition) is 4. The van der Waals surface area contributed by atoms with Crippen LogP contribution in [0.1, 0.15) is 18.4 Å². The van der Waals surface area contributed by atoms with Crippen LogP contribution in [0.2, 0.25) is 0 Å². The number of nitrogens with one attached hydrogen (secondary N) is 1. The number of anilines is 1. The molecule has 1 heterocycles. The minimum Gasteiger partial charge on any atom is -0.497 e. The topological polar surface area (TPSA) is 50.8 Å². The lowest BCUT2D eigenvalue weighted by molar-refractivity contribution is -0.121. The van der Waals surface area contributed by atoms with Crippen LogP contribution < -0.4 is 14.8 Å². The highest BCUT2D eigenvalue weighted by Gasteiger charge is 2.25. The average Bonchev–Trinajstić information content (AvgIpc) is 2.81. The standard InChI is InChI=1S/C26H28N2O3/c1-30-23-11-7-8-20(18-23)19-28-16-14-21(15-17-28)26(29)27-24-12-5-6-13-25(24)31-22-9-3-2-4-10-22/h2-13,18,21H,14-17,19H2,1H3,(H,27,29). The number of nitrogens with zero attached hydrogens (tertiary/aromatic N) is 1. The van der Waals surface area contributed by atoms with Crippen LogP contribution in [0, 0.1) is 5.92 Å². The lowest BCUT2D eigenvalue weighted by atomic mass is 9.95. The van der Waals surface area contributed by atoms with Gasteiger partial charge in [-0.25, -0.2) is 0 Å². The SMILES string of the molecule is COc1cccc(CN2CCC(C(=O)Nc3ccccc3Oc3ccccc3)CC2)c1. The van der Waals surface area contributed by atoms with E-state index in [1.54, 1.807) is 7.11 Å². The Morgan fingerprint density at radius 2 is 1.65 bits per heavy atom. The molecule has 1 amide bonds. The van der Waals surface area contributed by atoms with Crippen molar-refractivity contribution in [2.75, 3.05) is 25.5 Å². The van der Waals surface area contributed by atoms with Crippen LogP contribution in [0.4, 0.5) is 5.69 Å². The highest BCUT2D eigenvalue weighted by molar-refractivity contribution is 5.94. The monoisotopic (exact) mass is 416 g/mol. The smallest absolute Gasteiger partial charge is 0.227 e. The van der Waals surface area contributed by atoms with Gasteiger partial charge in [0.15, 0.2) is 5.75 Å². The van der Waals surface area contributed by atoms with E-state index in [0.717, 1.165) is 44.0 Å². The van der Waals surface area contributed by atoms with Crippen LogP contribution >= 0.6 is 0 Å². The number of para-hydroxylation sites is 3. The summed E-state index contributed by atoms with van der Waals surface area (Å²) in [4.78, 5) is 15.3. The predicted molar refractivity (Wildman–Crippen MR) is 123 cm³/mol. The van der Waals surface area contributed by atoms with Crippen LogP contribution in [0.3, 0.4) is 0 Å². The van der Waals surface area contributed by atoms with Gasteiger partial charge in [0.2, 0.25) is 5.91 Å². The normalized spacial score (nSPS) is 14.7. The largest absolute Gasteiger partial charge is 0.497 e. The molecule has 0 aromatic heterocycles. The number of amides is 1. The van der Waals surface area contributed by atoms with Crippen molar-refractivity contribution in [1.29, 1.82) is 0 Å². The molecular weight excluding hydrogens is 388 g/mol. The summed E-state index contributed by atoms with van der Waals surface area (Å²) in [5, 5.41) is 3.08. The second-order valence-electron chi connectivity index (χ2n) is 7.80. The highest BCUT2D eigenvalue weighted by atomic mass is 16.5. The minimum absolute atomic E-state index is 0.00587. The van der Waals surface area contributed by atoms with Gasteiger partial charge in [0.25, 0.3) is 0 Å². The van der Waals surface area contributed by atoms with Crippen molar-refractivity contribution >= 4 is 11.6 Å². The Bertz CT molecular complexity index is 998. The summed E-state index contributed by atoms with van der Waals surface area (Å²) in [5.41, 5.74) is 1.93. The molecule has 1 saturated heterocycles. The van der Waals surface area contributed by atoms with Crippen molar-refractivity contribution in [2.45, 2.75) is 19.4 Å². The van der Waals surface area contributed by atoms with Crippen LogP contribution in [0.25, 0.3) is 0 Å². The molecule has 0 atom stereocenters. The van der Waals surface area contributed by atoms with Gasteiger partial charge in [0.1, 0.15) is 11.5 Å². The first-order valence-electron chi connectivity index (χ1n) is 10.7. The molecular formula is C26H28N2O3. The zero-order valence-electron chi connectivity index (χ0n) is 17.8. The van der Waals surface area contributed by atoms with E-state index in [4.69, 9.17) is 9.47 Å². The summed E-state index contributed by atoms with van der Waals surface area (Å²) in [7, 11) is 1.69. The summed E-state index contributed by atoms with van der Waals surface area (Å²) < 4.78 is 11.3. The molecule has 1 aliphatic rings. The van der Waals surface area contributed by atoms with Crippen molar-refractivity contribution in [1.82, 2.24) is 4.90 Å². The first-order valence-corrected chi connectivity index (χ1v) is 10.7. The third-order valence-electron chi connectivity index (χ3n) is 5.61. The van der Waals surface area contributed by atoms with Crippen molar-refractivity contribution in [2.24, 2.45) is 5.92 Å². The lowest BCUT2D eigenvalue weighted by Gasteiger charge is -2.31. The van der Waals surface area contributed by atoms with Crippen molar-refractivity contribution < 1.29 is 14.3 Å². The number of methoxy groups -OCH3 is 1. The van der Waals surface area contributed by atoms with Gasteiger partial charge in [-0.15, -0.1) is 0 Å². The second kappa shape index (κ2) is 10.1.